The van der Waals surface area contributed by atoms with Crippen LogP contribution in [0.3, 0.4) is 0 Å². The molecule has 0 spiro atoms. The molecule has 0 unspecified atom stereocenters. The molecule has 1 aromatic heterocycles. The molecule has 0 atom stereocenters. The maximum absolute atomic E-state index is 5.15. The van der Waals surface area contributed by atoms with E-state index in [2.05, 4.69) is 169 Å². The lowest BCUT2D eigenvalue weighted by Crippen LogP contribution is -2.74. The highest BCUT2D eigenvalue weighted by Gasteiger charge is 2.29. The van der Waals surface area contributed by atoms with Crippen LogP contribution in [0.2, 0.25) is 0 Å². The van der Waals surface area contributed by atoms with E-state index >= 15 is 0 Å². The fourth-order valence-corrected chi connectivity index (χ4v) is 12.3. The van der Waals surface area contributed by atoms with Crippen molar-refractivity contribution in [2.75, 3.05) is 4.90 Å². The molecule has 0 fully saturated rings. The highest BCUT2D eigenvalue weighted by atomic mass is 32.2. The van der Waals surface area contributed by atoms with Crippen molar-refractivity contribution < 1.29 is 0 Å². The van der Waals surface area contributed by atoms with Crippen molar-refractivity contribution in [3.63, 3.8) is 0 Å². The number of anilines is 3. The van der Waals surface area contributed by atoms with Gasteiger partial charge in [-0.05, 0) is 38.4 Å². The average molecular weight is 612 g/mol. The number of nitrogens with zero attached hydrogens (tertiary/aromatic N) is 3. The summed E-state index contributed by atoms with van der Waals surface area (Å²) in [5, 5.41) is 5.42. The number of hydrogen-bond acceptors (Lipinski definition) is 4. The van der Waals surface area contributed by atoms with Crippen molar-refractivity contribution in [2.24, 2.45) is 0 Å². The zero-order valence-corrected chi connectivity index (χ0v) is 26.3. The molecule has 215 valence electrons. The van der Waals surface area contributed by atoms with Crippen LogP contribution in [0.4, 0.5) is 17.3 Å². The predicted octanol–water partition coefficient (Wildman–Crippen LogP) is 7.46. The molecule has 0 saturated heterocycles. The summed E-state index contributed by atoms with van der Waals surface area (Å²) in [7, 11) is -2.58. The first-order valence-electron chi connectivity index (χ1n) is 15.1. The van der Waals surface area contributed by atoms with E-state index in [1.54, 1.807) is 11.8 Å². The third-order valence-corrected chi connectivity index (χ3v) is 14.4. The van der Waals surface area contributed by atoms with Gasteiger partial charge in [0.1, 0.15) is 0 Å². The lowest BCUT2D eigenvalue weighted by molar-refractivity contribution is 1.05. The first-order valence-corrected chi connectivity index (χ1v) is 17.9. The first kappa shape index (κ1) is 27.3. The Morgan fingerprint density at radius 2 is 0.889 bits per heavy atom. The number of aromatic nitrogens is 2. The van der Waals surface area contributed by atoms with Crippen LogP contribution in [-0.4, -0.2) is 18.0 Å². The summed E-state index contributed by atoms with van der Waals surface area (Å²) < 4.78 is 0. The molecular formula is C40H29N3SSi-. The van der Waals surface area contributed by atoms with Gasteiger partial charge in [0.05, 0.1) is 17.1 Å². The molecule has 1 aliphatic rings. The minimum absolute atomic E-state index is 0.665. The number of rotatable bonds is 6. The van der Waals surface area contributed by atoms with E-state index in [0.29, 0.717) is 5.95 Å². The third kappa shape index (κ3) is 4.77. The molecule has 0 aliphatic carbocycles. The van der Waals surface area contributed by atoms with Gasteiger partial charge in [-0.3, -0.25) is 4.90 Å². The van der Waals surface area contributed by atoms with E-state index in [-0.39, 0.29) is 0 Å². The summed E-state index contributed by atoms with van der Waals surface area (Å²) in [4.78, 5) is 14.5. The topological polar surface area (TPSA) is 29.0 Å². The average Bonchev–Trinajstić information content (AvgIpc) is 3.13. The minimum atomic E-state index is -2.58. The van der Waals surface area contributed by atoms with Crippen LogP contribution in [0.5, 0.6) is 0 Å². The molecule has 0 saturated carbocycles. The van der Waals surface area contributed by atoms with Gasteiger partial charge in [-0.15, -0.1) is 0 Å². The molecule has 0 radical (unpaired) electrons. The van der Waals surface area contributed by atoms with Crippen LogP contribution >= 0.6 is 11.8 Å². The highest BCUT2D eigenvalue weighted by Crippen LogP contribution is 2.50. The third-order valence-electron chi connectivity index (χ3n) is 8.51. The molecule has 45 heavy (non-hydrogen) atoms. The highest BCUT2D eigenvalue weighted by molar-refractivity contribution is 7.99. The van der Waals surface area contributed by atoms with Gasteiger partial charge in [0.25, 0.3) is 0 Å². The molecular weight excluding hydrogens is 583 g/mol. The second-order valence-electron chi connectivity index (χ2n) is 11.0. The molecule has 0 N–H and O–H groups in total. The molecule has 1 aliphatic heterocycles. The smallest absolute Gasteiger partial charge is 0.235 e. The van der Waals surface area contributed by atoms with Gasteiger partial charge in [-0.25, -0.2) is 9.97 Å². The fraction of sp³-hybridized carbons (Fsp3) is 0. The monoisotopic (exact) mass is 611 g/mol. The van der Waals surface area contributed by atoms with Gasteiger partial charge in [0.15, 0.2) is 0 Å². The van der Waals surface area contributed by atoms with E-state index in [1.807, 2.05) is 12.3 Å². The summed E-state index contributed by atoms with van der Waals surface area (Å²) >= 11 is 1.79. The standard InChI is InChI=1S/C40H29N3SSi/c1-4-14-31(15-5-1)45(32-16-6-2-7-17-32,33-18-8-3-9-19-33)34-26-24-30(25-27-34)35-28-29-41-40(42-35)43-36-20-10-12-22-38(36)44-39-23-13-11-21-37(39)43/h1-29H/q-1. The van der Waals surface area contributed by atoms with Crippen LogP contribution in [0.15, 0.2) is 186 Å². The zero-order valence-electron chi connectivity index (χ0n) is 24.5. The summed E-state index contributed by atoms with van der Waals surface area (Å²) in [6.07, 6.45) is 1.87. The number of fused-ring (bicyclic) bond motifs is 2. The maximum Gasteiger partial charge on any atom is 0.235 e. The van der Waals surface area contributed by atoms with E-state index in [4.69, 9.17) is 9.97 Å². The second kappa shape index (κ2) is 11.7. The normalized spacial score (nSPS) is 12.3. The van der Waals surface area contributed by atoms with Gasteiger partial charge in [0.2, 0.25) is 5.95 Å². The van der Waals surface area contributed by atoms with Gasteiger partial charge in [-0.2, -0.15) is 20.7 Å². The van der Waals surface area contributed by atoms with Crippen molar-refractivity contribution in [1.29, 1.82) is 0 Å². The Kier molecular flexibility index (Phi) is 7.10. The molecule has 3 nitrogen and oxygen atoms in total. The Morgan fingerprint density at radius 3 is 1.40 bits per heavy atom. The van der Waals surface area contributed by atoms with Crippen LogP contribution in [0.1, 0.15) is 0 Å². The van der Waals surface area contributed by atoms with Gasteiger partial charge in [0, 0.05) is 21.6 Å². The van der Waals surface area contributed by atoms with Crippen LogP contribution in [0.25, 0.3) is 11.3 Å². The summed E-state index contributed by atoms with van der Waals surface area (Å²) in [6.45, 7) is 0. The van der Waals surface area contributed by atoms with Crippen molar-refractivity contribution >= 4 is 57.9 Å². The number of hydrogen-bond donors (Lipinski definition) is 0. The summed E-state index contributed by atoms with van der Waals surface area (Å²) in [5.74, 6) is 0.665. The molecule has 5 heteroatoms. The summed E-state index contributed by atoms with van der Waals surface area (Å²) in [5.41, 5.74) is 4.15. The summed E-state index contributed by atoms with van der Waals surface area (Å²) in [6, 6.07) is 61.1. The molecule has 8 rings (SSSR count). The Morgan fingerprint density at radius 1 is 0.444 bits per heavy atom. The Bertz CT molecular complexity index is 1940. The Balaban J connectivity index is 1.25. The van der Waals surface area contributed by atoms with Crippen molar-refractivity contribution in [3.8, 4) is 11.3 Å². The SMILES string of the molecule is c1ccc([Si-](c2ccccc2)(c2ccccc2)c2ccc(-c3ccnc(N4c5ccccc5Sc5ccccc54)n3)cc2)cc1. The van der Waals surface area contributed by atoms with E-state index < -0.39 is 8.07 Å². The first-order chi connectivity index (χ1) is 22.3. The van der Waals surface area contributed by atoms with E-state index in [0.717, 1.165) is 22.6 Å². The molecule has 0 amide bonds. The molecule has 0 bridgehead atoms. The zero-order chi connectivity index (χ0) is 30.1. The van der Waals surface area contributed by atoms with Crippen LogP contribution < -0.4 is 25.6 Å². The van der Waals surface area contributed by atoms with Crippen molar-refractivity contribution in [1.82, 2.24) is 9.97 Å². The Hall–Kier alpha value is -5.23. The lowest BCUT2D eigenvalue weighted by atomic mass is 10.1. The van der Waals surface area contributed by atoms with E-state index in [1.165, 1.54) is 30.5 Å². The second-order valence-corrected chi connectivity index (χ2v) is 15.9. The minimum Gasteiger partial charge on any atom is -0.277 e. The van der Waals surface area contributed by atoms with Gasteiger partial charge in [-0.1, -0.05) is 151 Å². The fourth-order valence-electron chi connectivity index (χ4n) is 6.49. The van der Waals surface area contributed by atoms with Gasteiger partial charge < -0.3 is 0 Å². The van der Waals surface area contributed by atoms with Crippen molar-refractivity contribution in [2.45, 2.75) is 9.79 Å². The maximum atomic E-state index is 5.15. The molecule has 2 heterocycles. The van der Waals surface area contributed by atoms with Gasteiger partial charge >= 0.3 is 0 Å². The Labute approximate surface area is 268 Å². The van der Waals surface area contributed by atoms with Crippen LogP contribution in [0, 0.1) is 0 Å². The molecule has 7 aromatic rings. The lowest BCUT2D eigenvalue weighted by Gasteiger charge is -2.47. The largest absolute Gasteiger partial charge is 0.277 e. The quantitative estimate of drug-likeness (QED) is 0.144. The van der Waals surface area contributed by atoms with Crippen LogP contribution in [-0.2, 0) is 0 Å². The number of benzene rings is 6. The molecule has 6 aromatic carbocycles. The van der Waals surface area contributed by atoms with Crippen molar-refractivity contribution in [3.05, 3.63) is 176 Å². The number of para-hydroxylation sites is 2. The van der Waals surface area contributed by atoms with E-state index in [9.17, 15) is 0 Å². The predicted molar refractivity (Wildman–Crippen MR) is 190 cm³/mol.